The average molecular weight is 496 g/mol. The van der Waals surface area contributed by atoms with Gasteiger partial charge in [0.25, 0.3) is 5.91 Å². The highest BCUT2D eigenvalue weighted by Gasteiger charge is 2.07. The van der Waals surface area contributed by atoms with Gasteiger partial charge in [0, 0.05) is 9.65 Å². The lowest BCUT2D eigenvalue weighted by Gasteiger charge is -2.03. The van der Waals surface area contributed by atoms with Crippen LogP contribution in [-0.2, 0) is 4.79 Å². The Morgan fingerprint density at radius 3 is 2.28 bits per heavy atom. The molecule has 0 aliphatic rings. The molecule has 0 heterocycles. The van der Waals surface area contributed by atoms with Crippen molar-refractivity contribution in [3.63, 3.8) is 0 Å². The standard InChI is InChI=1S/C23H17IN2O3/c24-21-9-5-4-8-20(21)23(28)26-25-16-18-10-13-19(14-11-18)29-22(27)15-12-17-6-2-1-3-7-17/h1-16H,(H,26,28). The molecule has 0 saturated carbocycles. The summed E-state index contributed by atoms with van der Waals surface area (Å²) in [6.07, 6.45) is 4.60. The molecule has 144 valence electrons. The topological polar surface area (TPSA) is 67.8 Å². The molecular formula is C23H17IN2O3. The number of nitrogens with one attached hydrogen (secondary N) is 1. The maximum atomic E-state index is 12.1. The second kappa shape index (κ2) is 10.3. The fraction of sp³-hybridized carbons (Fsp3) is 0. The quantitative estimate of drug-likeness (QED) is 0.135. The average Bonchev–Trinajstić information content (AvgIpc) is 2.74. The van der Waals surface area contributed by atoms with Crippen LogP contribution in [0.1, 0.15) is 21.5 Å². The van der Waals surface area contributed by atoms with Crippen molar-refractivity contribution < 1.29 is 14.3 Å². The van der Waals surface area contributed by atoms with Gasteiger partial charge in [-0.1, -0.05) is 42.5 Å². The molecule has 0 unspecified atom stereocenters. The maximum absolute atomic E-state index is 12.1. The molecule has 0 aliphatic carbocycles. The summed E-state index contributed by atoms with van der Waals surface area (Å²) in [4.78, 5) is 24.0. The fourth-order valence-electron chi connectivity index (χ4n) is 2.37. The van der Waals surface area contributed by atoms with E-state index in [2.05, 4.69) is 33.1 Å². The van der Waals surface area contributed by atoms with Crippen LogP contribution in [0.5, 0.6) is 5.75 Å². The molecule has 3 aromatic rings. The first kappa shape index (κ1) is 20.5. The number of nitrogens with zero attached hydrogens (tertiary/aromatic N) is 1. The Hall–Kier alpha value is -3.26. The number of hydrogen-bond acceptors (Lipinski definition) is 4. The molecule has 3 aromatic carbocycles. The van der Waals surface area contributed by atoms with Crippen LogP contribution in [0.4, 0.5) is 0 Å². The van der Waals surface area contributed by atoms with E-state index in [0.717, 1.165) is 14.7 Å². The highest BCUT2D eigenvalue weighted by atomic mass is 127. The lowest BCUT2D eigenvalue weighted by molar-refractivity contribution is -0.128. The third kappa shape index (κ3) is 6.39. The number of hydrogen-bond donors (Lipinski definition) is 1. The zero-order valence-corrected chi connectivity index (χ0v) is 17.4. The van der Waals surface area contributed by atoms with Crippen molar-refractivity contribution >= 4 is 46.8 Å². The van der Waals surface area contributed by atoms with Crippen molar-refractivity contribution in [3.8, 4) is 5.75 Å². The van der Waals surface area contributed by atoms with E-state index >= 15 is 0 Å². The molecule has 0 aromatic heterocycles. The predicted octanol–water partition coefficient (Wildman–Crippen LogP) is 4.67. The molecule has 1 amide bonds. The number of hydrazone groups is 1. The number of ether oxygens (including phenoxy) is 1. The highest BCUT2D eigenvalue weighted by Crippen LogP contribution is 2.13. The van der Waals surface area contributed by atoms with Crippen molar-refractivity contribution in [3.05, 3.63) is 105 Å². The van der Waals surface area contributed by atoms with E-state index < -0.39 is 5.97 Å². The highest BCUT2D eigenvalue weighted by molar-refractivity contribution is 14.1. The number of benzene rings is 3. The molecule has 3 rings (SSSR count). The number of rotatable bonds is 6. The number of amides is 1. The largest absolute Gasteiger partial charge is 0.423 e. The van der Waals surface area contributed by atoms with Gasteiger partial charge in [-0.25, -0.2) is 10.2 Å². The van der Waals surface area contributed by atoms with Gasteiger partial charge in [0.2, 0.25) is 0 Å². The predicted molar refractivity (Wildman–Crippen MR) is 122 cm³/mol. The third-order valence-corrected chi connectivity index (χ3v) is 4.75. The summed E-state index contributed by atoms with van der Waals surface area (Å²) in [6, 6.07) is 23.6. The Labute approximate surface area is 182 Å². The normalized spacial score (nSPS) is 10.9. The van der Waals surface area contributed by atoms with Gasteiger partial charge in [-0.2, -0.15) is 5.10 Å². The SMILES string of the molecule is O=C(C=Cc1ccccc1)Oc1ccc(C=NNC(=O)c2ccccc2I)cc1. The molecule has 0 radical (unpaired) electrons. The van der Waals surface area contributed by atoms with Gasteiger partial charge in [0.15, 0.2) is 0 Å². The monoisotopic (exact) mass is 496 g/mol. The molecule has 6 heteroatoms. The zero-order chi connectivity index (χ0) is 20.5. The van der Waals surface area contributed by atoms with E-state index in [1.54, 1.807) is 42.5 Å². The molecule has 5 nitrogen and oxygen atoms in total. The Morgan fingerprint density at radius 2 is 1.55 bits per heavy atom. The number of esters is 1. The van der Waals surface area contributed by atoms with Gasteiger partial charge >= 0.3 is 5.97 Å². The van der Waals surface area contributed by atoms with Crippen LogP contribution in [0.2, 0.25) is 0 Å². The molecule has 0 saturated heterocycles. The molecule has 0 fully saturated rings. The van der Waals surface area contributed by atoms with Crippen LogP contribution in [0, 0.1) is 3.57 Å². The molecule has 0 atom stereocenters. The Balaban J connectivity index is 1.52. The second-order valence-corrected chi connectivity index (χ2v) is 7.08. The summed E-state index contributed by atoms with van der Waals surface area (Å²) in [6.45, 7) is 0. The lowest BCUT2D eigenvalue weighted by Crippen LogP contribution is -2.18. The van der Waals surface area contributed by atoms with Gasteiger partial charge in [0.1, 0.15) is 5.75 Å². The first-order chi connectivity index (χ1) is 14.1. The summed E-state index contributed by atoms with van der Waals surface area (Å²) in [5.41, 5.74) is 4.74. The van der Waals surface area contributed by atoms with Crippen LogP contribution >= 0.6 is 22.6 Å². The van der Waals surface area contributed by atoms with E-state index in [1.165, 1.54) is 12.3 Å². The molecule has 0 spiro atoms. The van der Waals surface area contributed by atoms with Crippen LogP contribution in [0.15, 0.2) is 90.0 Å². The van der Waals surface area contributed by atoms with Crippen molar-refractivity contribution in [2.75, 3.05) is 0 Å². The maximum Gasteiger partial charge on any atom is 0.336 e. The summed E-state index contributed by atoms with van der Waals surface area (Å²) in [7, 11) is 0. The van der Waals surface area contributed by atoms with E-state index in [0.29, 0.717) is 11.3 Å². The minimum absolute atomic E-state index is 0.276. The van der Waals surface area contributed by atoms with Crippen LogP contribution in [0.25, 0.3) is 6.08 Å². The molecule has 0 bridgehead atoms. The van der Waals surface area contributed by atoms with Crippen molar-refractivity contribution in [2.24, 2.45) is 5.10 Å². The molecule has 29 heavy (non-hydrogen) atoms. The number of carbonyl (C=O) groups is 2. The Bertz CT molecular complexity index is 1050. The minimum atomic E-state index is -0.458. The molecular weight excluding hydrogens is 479 g/mol. The van der Waals surface area contributed by atoms with Gasteiger partial charge in [0.05, 0.1) is 11.8 Å². The van der Waals surface area contributed by atoms with E-state index in [-0.39, 0.29) is 5.91 Å². The van der Waals surface area contributed by atoms with E-state index in [4.69, 9.17) is 4.74 Å². The van der Waals surface area contributed by atoms with Gasteiger partial charge in [-0.15, -0.1) is 0 Å². The molecule has 1 N–H and O–H groups in total. The minimum Gasteiger partial charge on any atom is -0.423 e. The Morgan fingerprint density at radius 1 is 0.862 bits per heavy atom. The van der Waals surface area contributed by atoms with Crippen LogP contribution in [0.3, 0.4) is 0 Å². The summed E-state index contributed by atoms with van der Waals surface area (Å²) in [5, 5.41) is 3.97. The van der Waals surface area contributed by atoms with E-state index in [1.807, 2.05) is 42.5 Å². The Kier molecular flexibility index (Phi) is 7.29. The summed E-state index contributed by atoms with van der Waals surface area (Å²) < 4.78 is 6.12. The smallest absolute Gasteiger partial charge is 0.336 e. The lowest BCUT2D eigenvalue weighted by atomic mass is 10.2. The van der Waals surface area contributed by atoms with Crippen molar-refractivity contribution in [1.29, 1.82) is 0 Å². The second-order valence-electron chi connectivity index (χ2n) is 5.91. The van der Waals surface area contributed by atoms with Gasteiger partial charge in [-0.05, 0) is 76.2 Å². The number of carbonyl (C=O) groups excluding carboxylic acids is 2. The van der Waals surface area contributed by atoms with Crippen LogP contribution < -0.4 is 10.2 Å². The van der Waals surface area contributed by atoms with Gasteiger partial charge in [-0.3, -0.25) is 4.79 Å². The molecule has 0 aliphatic heterocycles. The first-order valence-corrected chi connectivity index (χ1v) is 9.82. The van der Waals surface area contributed by atoms with Gasteiger partial charge < -0.3 is 4.74 Å². The zero-order valence-electron chi connectivity index (χ0n) is 15.3. The van der Waals surface area contributed by atoms with Crippen molar-refractivity contribution in [1.82, 2.24) is 5.43 Å². The van der Waals surface area contributed by atoms with Crippen molar-refractivity contribution in [2.45, 2.75) is 0 Å². The van der Waals surface area contributed by atoms with Crippen LogP contribution in [-0.4, -0.2) is 18.1 Å². The first-order valence-electron chi connectivity index (χ1n) is 8.75. The summed E-state index contributed by atoms with van der Waals surface area (Å²) >= 11 is 2.10. The third-order valence-electron chi connectivity index (χ3n) is 3.81. The van der Waals surface area contributed by atoms with E-state index in [9.17, 15) is 9.59 Å². The number of halogens is 1. The summed E-state index contributed by atoms with van der Waals surface area (Å²) in [5.74, 6) is -0.310. The fourth-order valence-corrected chi connectivity index (χ4v) is 3.00.